The van der Waals surface area contributed by atoms with Gasteiger partial charge in [0.2, 0.25) is 0 Å². The van der Waals surface area contributed by atoms with Crippen molar-refractivity contribution in [3.05, 3.63) is 60.7 Å². The maximum atomic E-state index is 6.19. The van der Waals surface area contributed by atoms with Crippen molar-refractivity contribution in [3.63, 3.8) is 0 Å². The summed E-state index contributed by atoms with van der Waals surface area (Å²) in [7, 11) is 0. The molecule has 0 spiro atoms. The van der Waals surface area contributed by atoms with E-state index < -0.39 is 6.64 Å². The highest BCUT2D eigenvalue weighted by molar-refractivity contribution is 8.09. The predicted octanol–water partition coefficient (Wildman–Crippen LogP) is 7.71. The molecule has 0 aliphatic carbocycles. The minimum atomic E-state index is -2.96. The van der Waals surface area contributed by atoms with Crippen molar-refractivity contribution in [2.45, 2.75) is 65.2 Å². The Balaban J connectivity index is 2.12. The Kier molecular flexibility index (Phi) is 12.7. The fourth-order valence-electron chi connectivity index (χ4n) is 3.27. The largest absolute Gasteiger partial charge is 0.421 e. The average molecular weight is 493 g/mol. The zero-order chi connectivity index (χ0) is 23.1. The minimum absolute atomic E-state index is 0.619. The van der Waals surface area contributed by atoms with Crippen LogP contribution in [0.15, 0.2) is 60.7 Å². The Hall–Kier alpha value is -1.62. The van der Waals surface area contributed by atoms with Gasteiger partial charge in [-0.15, -0.1) is 0 Å². The first-order chi connectivity index (χ1) is 15.6. The van der Waals surface area contributed by atoms with E-state index in [1.165, 1.54) is 38.5 Å². The van der Waals surface area contributed by atoms with Crippen molar-refractivity contribution < 1.29 is 9.05 Å². The van der Waals surface area contributed by atoms with Gasteiger partial charge in [0.15, 0.2) is 5.11 Å². The number of unbranched alkanes of at least 4 members (excludes halogenated alkanes) is 6. The van der Waals surface area contributed by atoms with Gasteiger partial charge in [-0.3, -0.25) is 5.09 Å². The quantitative estimate of drug-likeness (QED) is 0.156. The molecule has 7 heteroatoms. The zero-order valence-corrected chi connectivity index (χ0v) is 21.9. The summed E-state index contributed by atoms with van der Waals surface area (Å²) in [5.74, 6) is 1.33. The third kappa shape index (κ3) is 10.3. The van der Waals surface area contributed by atoms with E-state index in [9.17, 15) is 0 Å². The van der Waals surface area contributed by atoms with Crippen molar-refractivity contribution in [2.24, 2.45) is 0 Å². The SMILES string of the molecule is CCCCCCN(CCCCCC)C(=S)NP(=S)(Oc1ccccc1)Oc1ccccc1. The van der Waals surface area contributed by atoms with Gasteiger partial charge >= 0.3 is 6.64 Å². The topological polar surface area (TPSA) is 33.7 Å². The van der Waals surface area contributed by atoms with Gasteiger partial charge in [0.1, 0.15) is 11.5 Å². The van der Waals surface area contributed by atoms with Crippen molar-refractivity contribution >= 4 is 35.8 Å². The van der Waals surface area contributed by atoms with Crippen LogP contribution >= 0.6 is 18.9 Å². The van der Waals surface area contributed by atoms with Crippen molar-refractivity contribution in [1.82, 2.24) is 9.99 Å². The monoisotopic (exact) mass is 492 g/mol. The molecular weight excluding hydrogens is 455 g/mol. The van der Waals surface area contributed by atoms with Crippen LogP contribution in [0.5, 0.6) is 11.5 Å². The van der Waals surface area contributed by atoms with Crippen LogP contribution in [-0.4, -0.2) is 23.1 Å². The summed E-state index contributed by atoms with van der Waals surface area (Å²) < 4.78 is 12.4. The van der Waals surface area contributed by atoms with E-state index in [1.54, 1.807) is 0 Å². The smallest absolute Gasteiger partial charge is 0.394 e. The Labute approximate surface area is 204 Å². The molecule has 0 bridgehead atoms. The number of para-hydroxylation sites is 2. The second-order valence-electron chi connectivity index (χ2n) is 7.83. The van der Waals surface area contributed by atoms with Gasteiger partial charge in [0.05, 0.1) is 0 Å². The van der Waals surface area contributed by atoms with E-state index in [-0.39, 0.29) is 0 Å². The molecule has 0 atom stereocenters. The lowest BCUT2D eigenvalue weighted by Gasteiger charge is -2.31. The Morgan fingerprint density at radius 2 is 1.19 bits per heavy atom. The standard InChI is InChI=1S/C25H37N2O2PS2/c1-3-5-7-15-21-27(22-16-8-6-4-2)25(31)26-30(32,28-23-17-11-9-12-18-23)29-24-19-13-10-14-20-24/h9-14,17-20H,3-8,15-16,21-22H2,1-2H3,(H,26,31,32). The summed E-state index contributed by atoms with van der Waals surface area (Å²) in [5, 5.41) is 3.93. The van der Waals surface area contributed by atoms with Gasteiger partial charge in [0, 0.05) is 24.9 Å². The molecule has 0 aromatic heterocycles. The molecule has 0 aliphatic heterocycles. The van der Waals surface area contributed by atoms with Gasteiger partial charge in [-0.25, -0.2) is 0 Å². The predicted molar refractivity (Wildman–Crippen MR) is 144 cm³/mol. The lowest BCUT2D eigenvalue weighted by atomic mass is 10.2. The van der Waals surface area contributed by atoms with Crippen LogP contribution in [0.4, 0.5) is 0 Å². The van der Waals surface area contributed by atoms with E-state index in [4.69, 9.17) is 33.1 Å². The van der Waals surface area contributed by atoms with Gasteiger partial charge in [-0.05, 0) is 49.3 Å². The summed E-state index contributed by atoms with van der Waals surface area (Å²) in [6.07, 6.45) is 9.58. The summed E-state index contributed by atoms with van der Waals surface area (Å²) >= 11 is 11.7. The molecule has 0 unspecified atom stereocenters. The minimum Gasteiger partial charge on any atom is -0.421 e. The van der Waals surface area contributed by atoms with Crippen LogP contribution in [0.1, 0.15) is 65.2 Å². The molecule has 2 aromatic rings. The molecule has 0 fully saturated rings. The molecule has 0 saturated carbocycles. The molecule has 32 heavy (non-hydrogen) atoms. The third-order valence-corrected chi connectivity index (χ3v) is 7.64. The summed E-state index contributed by atoms with van der Waals surface area (Å²) in [5.41, 5.74) is 0. The normalized spacial score (nSPS) is 11.1. The number of thiocarbonyl (C=S) groups is 1. The Morgan fingerprint density at radius 1 is 0.750 bits per heavy atom. The summed E-state index contributed by atoms with van der Waals surface area (Å²) in [6.45, 7) is 3.34. The molecule has 1 N–H and O–H groups in total. The highest BCUT2D eigenvalue weighted by atomic mass is 32.5. The number of rotatable bonds is 15. The second kappa shape index (κ2) is 15.3. The molecular formula is C25H37N2O2PS2. The van der Waals surface area contributed by atoms with Crippen LogP contribution in [0.3, 0.4) is 0 Å². The van der Waals surface area contributed by atoms with Crippen LogP contribution < -0.4 is 14.1 Å². The summed E-state index contributed by atoms with van der Waals surface area (Å²) in [6, 6.07) is 19.1. The van der Waals surface area contributed by atoms with Crippen molar-refractivity contribution in [2.75, 3.05) is 13.1 Å². The fraction of sp³-hybridized carbons (Fsp3) is 0.480. The first-order valence-corrected chi connectivity index (χ1v) is 14.8. The maximum absolute atomic E-state index is 6.19. The van der Waals surface area contributed by atoms with Crippen molar-refractivity contribution in [1.29, 1.82) is 0 Å². The lowest BCUT2D eigenvalue weighted by Crippen LogP contribution is -2.40. The third-order valence-electron chi connectivity index (χ3n) is 5.02. The van der Waals surface area contributed by atoms with Crippen LogP contribution in [-0.2, 0) is 11.8 Å². The van der Waals surface area contributed by atoms with E-state index in [0.717, 1.165) is 25.9 Å². The first kappa shape index (κ1) is 26.6. The van der Waals surface area contributed by atoms with E-state index >= 15 is 0 Å². The molecule has 0 saturated heterocycles. The number of benzene rings is 2. The second-order valence-corrected chi connectivity index (χ2v) is 11.2. The molecule has 0 aliphatic rings. The first-order valence-electron chi connectivity index (χ1n) is 11.7. The molecule has 4 nitrogen and oxygen atoms in total. The Morgan fingerprint density at radius 3 is 1.59 bits per heavy atom. The molecule has 0 heterocycles. The van der Waals surface area contributed by atoms with Crippen LogP contribution in [0.25, 0.3) is 0 Å². The zero-order valence-electron chi connectivity index (χ0n) is 19.4. The van der Waals surface area contributed by atoms with Crippen LogP contribution in [0, 0.1) is 0 Å². The fourth-order valence-corrected chi connectivity index (χ4v) is 6.06. The van der Waals surface area contributed by atoms with E-state index in [1.807, 2.05) is 60.7 Å². The Bertz CT molecular complexity index is 764. The van der Waals surface area contributed by atoms with Gasteiger partial charge in [0.25, 0.3) is 0 Å². The number of nitrogens with one attached hydrogen (secondary N) is 1. The van der Waals surface area contributed by atoms with Gasteiger partial charge in [-0.1, -0.05) is 88.8 Å². The highest BCUT2D eigenvalue weighted by Crippen LogP contribution is 2.45. The van der Waals surface area contributed by atoms with Gasteiger partial charge in [-0.2, -0.15) is 0 Å². The molecule has 0 radical (unpaired) electrons. The van der Waals surface area contributed by atoms with Gasteiger partial charge < -0.3 is 13.9 Å². The van der Waals surface area contributed by atoms with E-state index in [0.29, 0.717) is 16.6 Å². The number of hydrogen-bond donors (Lipinski definition) is 1. The molecule has 176 valence electrons. The molecule has 0 amide bonds. The van der Waals surface area contributed by atoms with Crippen LogP contribution in [0.2, 0.25) is 0 Å². The lowest BCUT2D eigenvalue weighted by molar-refractivity contribution is 0.383. The summed E-state index contributed by atoms with van der Waals surface area (Å²) in [4.78, 5) is 2.24. The number of nitrogens with zero attached hydrogens (tertiary/aromatic N) is 1. The van der Waals surface area contributed by atoms with E-state index in [2.05, 4.69) is 23.8 Å². The maximum Gasteiger partial charge on any atom is 0.394 e. The highest BCUT2D eigenvalue weighted by Gasteiger charge is 2.26. The number of hydrogen-bond acceptors (Lipinski definition) is 4. The van der Waals surface area contributed by atoms with Crippen molar-refractivity contribution in [3.8, 4) is 11.5 Å². The average Bonchev–Trinajstić information content (AvgIpc) is 2.79. The molecule has 2 aromatic carbocycles. The molecule has 2 rings (SSSR count).